The van der Waals surface area contributed by atoms with Crippen LogP contribution in [0.4, 0.5) is 5.69 Å². The molecule has 0 saturated carbocycles. The molecule has 2 rings (SSSR count). The van der Waals surface area contributed by atoms with Crippen molar-refractivity contribution in [2.45, 2.75) is 0 Å². The predicted molar refractivity (Wildman–Crippen MR) is 59.6 cm³/mol. The summed E-state index contributed by atoms with van der Waals surface area (Å²) in [6, 6.07) is 5.72. The van der Waals surface area contributed by atoms with Gasteiger partial charge in [-0.1, -0.05) is 0 Å². The van der Waals surface area contributed by atoms with E-state index in [1.165, 1.54) is 0 Å². The Labute approximate surface area is 88.8 Å². The molecule has 0 fully saturated rings. The third-order valence-electron chi connectivity index (χ3n) is 1.75. The second-order valence-electron chi connectivity index (χ2n) is 2.60. The summed E-state index contributed by atoms with van der Waals surface area (Å²) >= 11 is 0. The topological polar surface area (TPSA) is 43.8 Å². The van der Waals surface area contributed by atoms with E-state index in [0.717, 1.165) is 16.7 Å². The third-order valence-corrected chi connectivity index (χ3v) is 1.75. The number of rotatable bonds is 0. The van der Waals surface area contributed by atoms with Gasteiger partial charge in [-0.2, -0.15) is 0 Å². The van der Waals surface area contributed by atoms with Gasteiger partial charge in [-0.3, -0.25) is 0 Å². The van der Waals surface area contributed by atoms with Crippen LogP contribution in [0.5, 0.6) is 0 Å². The van der Waals surface area contributed by atoms with Crippen LogP contribution in [0.1, 0.15) is 0 Å². The number of fused-ring (bicyclic) bond motifs is 1. The predicted octanol–water partition coefficient (Wildman–Crippen LogP) is 2.00. The highest BCUT2D eigenvalue weighted by Crippen LogP contribution is 2.14. The minimum atomic E-state index is 0. The first-order chi connectivity index (χ1) is 5.27. The largest absolute Gasteiger partial charge is 0.399 e. The van der Waals surface area contributed by atoms with Crippen molar-refractivity contribution in [2.75, 3.05) is 5.73 Å². The lowest BCUT2D eigenvalue weighted by atomic mass is 10.3. The molecule has 0 unspecified atom stereocenters. The molecule has 5 heteroatoms. The second kappa shape index (κ2) is 4.35. The number of hydrogen-bond donors (Lipinski definition) is 1. The molecular weight excluding hydrogens is 209 g/mol. The van der Waals surface area contributed by atoms with E-state index in [0.29, 0.717) is 0 Å². The Kier molecular flexibility index (Phi) is 4.04. The number of aryl methyl sites for hydroxylation is 1. The Morgan fingerprint density at radius 1 is 1.31 bits per heavy atom. The average molecular weight is 220 g/mol. The van der Waals surface area contributed by atoms with Crippen molar-refractivity contribution in [3.8, 4) is 0 Å². The zero-order valence-corrected chi connectivity index (χ0v) is 8.73. The number of nitrogen functional groups attached to an aromatic ring is 1. The van der Waals surface area contributed by atoms with Crippen LogP contribution >= 0.6 is 24.8 Å². The molecule has 0 amide bonds. The number of hydrogen-bond acceptors (Lipinski definition) is 2. The summed E-state index contributed by atoms with van der Waals surface area (Å²) in [4.78, 5) is 4.16. The van der Waals surface area contributed by atoms with E-state index in [-0.39, 0.29) is 24.8 Å². The van der Waals surface area contributed by atoms with Gasteiger partial charge in [0.15, 0.2) is 0 Å². The number of halogens is 2. The molecule has 0 aliphatic heterocycles. The van der Waals surface area contributed by atoms with Gasteiger partial charge in [-0.05, 0) is 18.2 Å². The van der Waals surface area contributed by atoms with Gasteiger partial charge < -0.3 is 10.3 Å². The monoisotopic (exact) mass is 219 g/mol. The minimum Gasteiger partial charge on any atom is -0.399 e. The van der Waals surface area contributed by atoms with Gasteiger partial charge in [0, 0.05) is 12.7 Å². The molecule has 0 radical (unpaired) electrons. The molecule has 2 N–H and O–H groups in total. The van der Waals surface area contributed by atoms with E-state index in [4.69, 9.17) is 5.73 Å². The van der Waals surface area contributed by atoms with Gasteiger partial charge >= 0.3 is 0 Å². The molecule has 0 saturated heterocycles. The van der Waals surface area contributed by atoms with Gasteiger partial charge in [0.25, 0.3) is 0 Å². The molecular formula is C8H11Cl2N3. The van der Waals surface area contributed by atoms with Gasteiger partial charge in [0.2, 0.25) is 0 Å². The van der Waals surface area contributed by atoms with Crippen LogP contribution in [-0.2, 0) is 7.05 Å². The van der Waals surface area contributed by atoms with Crippen LogP contribution in [0, 0.1) is 0 Å². The summed E-state index contributed by atoms with van der Waals surface area (Å²) in [5.74, 6) is 0. The molecule has 0 bridgehead atoms. The van der Waals surface area contributed by atoms with E-state index in [2.05, 4.69) is 4.98 Å². The molecule has 1 heterocycles. The average Bonchev–Trinajstić information content (AvgIpc) is 2.32. The van der Waals surface area contributed by atoms with Crippen LogP contribution in [0.2, 0.25) is 0 Å². The van der Waals surface area contributed by atoms with E-state index in [1.54, 1.807) is 6.33 Å². The van der Waals surface area contributed by atoms with Crippen LogP contribution in [0.15, 0.2) is 24.5 Å². The maximum atomic E-state index is 5.58. The minimum absolute atomic E-state index is 0. The number of imidazole rings is 1. The Morgan fingerprint density at radius 3 is 2.69 bits per heavy atom. The summed E-state index contributed by atoms with van der Waals surface area (Å²) in [7, 11) is 1.96. The lowest BCUT2D eigenvalue weighted by Crippen LogP contribution is -1.85. The fraction of sp³-hybridized carbons (Fsp3) is 0.125. The van der Waals surface area contributed by atoms with Gasteiger partial charge in [-0.15, -0.1) is 24.8 Å². The molecule has 0 atom stereocenters. The third kappa shape index (κ3) is 2.05. The molecule has 13 heavy (non-hydrogen) atoms. The zero-order valence-electron chi connectivity index (χ0n) is 7.10. The lowest BCUT2D eigenvalue weighted by Gasteiger charge is -1.94. The van der Waals surface area contributed by atoms with Crippen molar-refractivity contribution >= 4 is 41.5 Å². The highest BCUT2D eigenvalue weighted by atomic mass is 35.5. The molecule has 0 aliphatic carbocycles. The van der Waals surface area contributed by atoms with Crippen molar-refractivity contribution in [1.29, 1.82) is 0 Å². The summed E-state index contributed by atoms with van der Waals surface area (Å²) in [6.07, 6.45) is 1.78. The van der Waals surface area contributed by atoms with Gasteiger partial charge in [-0.25, -0.2) is 4.98 Å². The van der Waals surface area contributed by atoms with E-state index >= 15 is 0 Å². The number of anilines is 1. The Balaban J connectivity index is 0.000000720. The molecule has 72 valence electrons. The second-order valence-corrected chi connectivity index (χ2v) is 2.60. The zero-order chi connectivity index (χ0) is 7.84. The molecule has 1 aromatic heterocycles. The first-order valence-corrected chi connectivity index (χ1v) is 3.44. The molecule has 3 nitrogen and oxygen atoms in total. The smallest absolute Gasteiger partial charge is 0.0955 e. The van der Waals surface area contributed by atoms with E-state index < -0.39 is 0 Å². The quantitative estimate of drug-likeness (QED) is 0.690. The van der Waals surface area contributed by atoms with E-state index in [9.17, 15) is 0 Å². The fourth-order valence-corrected chi connectivity index (χ4v) is 1.15. The first kappa shape index (κ1) is 12.1. The highest BCUT2D eigenvalue weighted by molar-refractivity contribution is 5.85. The Bertz CT molecular complexity index is 397. The normalized spacial score (nSPS) is 9.00. The molecule has 0 aliphatic rings. The SMILES string of the molecule is Cl.Cl.Cn1cnc2cc(N)ccc21. The lowest BCUT2D eigenvalue weighted by molar-refractivity contribution is 0.948. The van der Waals surface area contributed by atoms with Gasteiger partial charge in [0.1, 0.15) is 0 Å². The van der Waals surface area contributed by atoms with Crippen molar-refractivity contribution in [2.24, 2.45) is 7.05 Å². The number of nitrogens with two attached hydrogens (primary N) is 1. The Morgan fingerprint density at radius 2 is 2.00 bits per heavy atom. The molecule has 2 aromatic rings. The molecule has 1 aromatic carbocycles. The number of benzene rings is 1. The van der Waals surface area contributed by atoms with Crippen molar-refractivity contribution in [1.82, 2.24) is 9.55 Å². The number of nitrogens with zero attached hydrogens (tertiary/aromatic N) is 2. The van der Waals surface area contributed by atoms with Crippen molar-refractivity contribution < 1.29 is 0 Å². The van der Waals surface area contributed by atoms with Crippen LogP contribution in [-0.4, -0.2) is 9.55 Å². The van der Waals surface area contributed by atoms with Crippen LogP contribution in [0.3, 0.4) is 0 Å². The standard InChI is InChI=1S/C8H9N3.2ClH/c1-11-5-10-7-4-6(9)2-3-8(7)11;;/h2-5H,9H2,1H3;2*1H. The van der Waals surface area contributed by atoms with Crippen molar-refractivity contribution in [3.63, 3.8) is 0 Å². The van der Waals surface area contributed by atoms with Crippen molar-refractivity contribution in [3.05, 3.63) is 24.5 Å². The number of aromatic nitrogens is 2. The molecule has 0 spiro atoms. The summed E-state index contributed by atoms with van der Waals surface area (Å²) in [5.41, 5.74) is 8.41. The summed E-state index contributed by atoms with van der Waals surface area (Å²) in [5, 5.41) is 0. The van der Waals surface area contributed by atoms with Crippen LogP contribution < -0.4 is 5.73 Å². The van der Waals surface area contributed by atoms with Gasteiger partial charge in [0.05, 0.1) is 17.4 Å². The Hall–Kier alpha value is -0.930. The maximum absolute atomic E-state index is 5.58. The van der Waals surface area contributed by atoms with E-state index in [1.807, 2.05) is 29.8 Å². The maximum Gasteiger partial charge on any atom is 0.0955 e. The summed E-state index contributed by atoms with van der Waals surface area (Å²) < 4.78 is 1.97. The fourth-order valence-electron chi connectivity index (χ4n) is 1.15. The highest BCUT2D eigenvalue weighted by Gasteiger charge is 1.97. The van der Waals surface area contributed by atoms with Crippen LogP contribution in [0.25, 0.3) is 11.0 Å². The first-order valence-electron chi connectivity index (χ1n) is 3.44. The summed E-state index contributed by atoms with van der Waals surface area (Å²) in [6.45, 7) is 0.